The molecular weight excluding hydrogens is 342 g/mol. The highest BCUT2D eigenvalue weighted by atomic mass is 16.5. The molecule has 1 aromatic heterocycles. The predicted octanol–water partition coefficient (Wildman–Crippen LogP) is 3.79. The van der Waals surface area contributed by atoms with Crippen molar-refractivity contribution in [2.45, 2.75) is 33.4 Å². The van der Waals surface area contributed by atoms with E-state index in [4.69, 9.17) is 9.26 Å². The van der Waals surface area contributed by atoms with Crippen LogP contribution in [-0.2, 0) is 19.6 Å². The van der Waals surface area contributed by atoms with E-state index in [0.717, 1.165) is 12.0 Å². The summed E-state index contributed by atoms with van der Waals surface area (Å²) >= 11 is 0. The Balaban J connectivity index is 1.69. The van der Waals surface area contributed by atoms with Crippen molar-refractivity contribution < 1.29 is 14.1 Å². The van der Waals surface area contributed by atoms with Crippen molar-refractivity contribution in [1.29, 1.82) is 0 Å². The average molecular weight is 365 g/mol. The lowest BCUT2D eigenvalue weighted by atomic mass is 10.1. The van der Waals surface area contributed by atoms with Crippen LogP contribution in [0.2, 0.25) is 0 Å². The van der Waals surface area contributed by atoms with Crippen molar-refractivity contribution in [3.8, 4) is 5.75 Å². The Kier molecular flexibility index (Phi) is 5.86. The lowest BCUT2D eigenvalue weighted by Crippen LogP contribution is -2.26. The van der Waals surface area contributed by atoms with Gasteiger partial charge in [-0.05, 0) is 29.7 Å². The van der Waals surface area contributed by atoms with Gasteiger partial charge in [-0.2, -0.15) is 4.98 Å². The van der Waals surface area contributed by atoms with Gasteiger partial charge in [0.1, 0.15) is 5.75 Å². The Morgan fingerprint density at radius 1 is 1.11 bits per heavy atom. The zero-order valence-corrected chi connectivity index (χ0v) is 15.8. The molecule has 3 aromatic rings. The fourth-order valence-electron chi connectivity index (χ4n) is 2.74. The molecule has 2 aromatic carbocycles. The van der Waals surface area contributed by atoms with Crippen LogP contribution >= 0.6 is 0 Å². The number of amides is 1. The van der Waals surface area contributed by atoms with E-state index in [2.05, 4.69) is 41.3 Å². The molecule has 0 atom stereocenters. The van der Waals surface area contributed by atoms with Crippen molar-refractivity contribution >= 4 is 5.91 Å². The lowest BCUT2D eigenvalue weighted by Gasteiger charge is -2.19. The predicted molar refractivity (Wildman–Crippen MR) is 101 cm³/mol. The zero-order chi connectivity index (χ0) is 19.2. The summed E-state index contributed by atoms with van der Waals surface area (Å²) in [5.74, 6) is 1.32. The van der Waals surface area contributed by atoms with Crippen molar-refractivity contribution in [2.75, 3.05) is 7.05 Å². The summed E-state index contributed by atoms with van der Waals surface area (Å²) < 4.78 is 10.7. The molecule has 6 nitrogen and oxygen atoms in total. The maximum atomic E-state index is 12.9. The first-order valence-corrected chi connectivity index (χ1v) is 8.91. The Hall–Kier alpha value is -3.15. The molecule has 0 spiro atoms. The van der Waals surface area contributed by atoms with Gasteiger partial charge in [-0.1, -0.05) is 48.5 Å². The third-order valence-electron chi connectivity index (χ3n) is 4.24. The molecule has 0 fully saturated rings. The number of carbonyl (C=O) groups is 1. The summed E-state index contributed by atoms with van der Waals surface area (Å²) in [6.07, 6.45) is 1.000. The minimum atomic E-state index is -0.102. The molecule has 0 saturated carbocycles. The largest absolute Gasteiger partial charge is 0.485 e. The van der Waals surface area contributed by atoms with Gasteiger partial charge >= 0.3 is 0 Å². The maximum absolute atomic E-state index is 12.9. The number of rotatable bonds is 7. The third kappa shape index (κ3) is 4.73. The summed E-state index contributed by atoms with van der Waals surface area (Å²) in [6.45, 7) is 4.51. The first-order valence-electron chi connectivity index (χ1n) is 8.91. The molecule has 0 unspecified atom stereocenters. The summed E-state index contributed by atoms with van der Waals surface area (Å²) in [7, 11) is 1.79. The summed E-state index contributed by atoms with van der Waals surface area (Å²) in [6, 6.07) is 15.5. The fourth-order valence-corrected chi connectivity index (χ4v) is 2.74. The van der Waals surface area contributed by atoms with E-state index in [1.807, 2.05) is 12.1 Å². The van der Waals surface area contributed by atoms with Crippen LogP contribution in [0.3, 0.4) is 0 Å². The molecule has 0 N–H and O–H groups in total. The van der Waals surface area contributed by atoms with Crippen molar-refractivity contribution in [2.24, 2.45) is 0 Å². The maximum Gasteiger partial charge on any atom is 0.257 e. The van der Waals surface area contributed by atoms with Crippen LogP contribution in [0.1, 0.15) is 40.1 Å². The van der Waals surface area contributed by atoms with E-state index in [1.165, 1.54) is 5.56 Å². The van der Waals surface area contributed by atoms with Gasteiger partial charge < -0.3 is 14.2 Å². The molecule has 27 heavy (non-hydrogen) atoms. The molecule has 0 aliphatic rings. The highest BCUT2D eigenvalue weighted by Gasteiger charge is 2.17. The Morgan fingerprint density at radius 2 is 1.81 bits per heavy atom. The van der Waals surface area contributed by atoms with Gasteiger partial charge in [-0.3, -0.25) is 4.79 Å². The van der Waals surface area contributed by atoms with E-state index in [1.54, 1.807) is 31.0 Å². The monoisotopic (exact) mass is 365 g/mol. The molecule has 6 heteroatoms. The van der Waals surface area contributed by atoms with Crippen LogP contribution in [0.15, 0.2) is 53.1 Å². The third-order valence-corrected chi connectivity index (χ3v) is 4.24. The molecule has 3 rings (SSSR count). The van der Waals surface area contributed by atoms with Crippen LogP contribution in [0.4, 0.5) is 0 Å². The Morgan fingerprint density at radius 3 is 2.48 bits per heavy atom. The number of aromatic nitrogens is 2. The van der Waals surface area contributed by atoms with Crippen LogP contribution in [-0.4, -0.2) is 28.0 Å². The summed E-state index contributed by atoms with van der Waals surface area (Å²) in [5, 5.41) is 3.80. The fraction of sp³-hybridized carbons (Fsp3) is 0.286. The van der Waals surface area contributed by atoms with E-state index >= 15 is 0 Å². The normalized spacial score (nSPS) is 10.6. The first-order chi connectivity index (χ1) is 13.1. The highest BCUT2D eigenvalue weighted by molar-refractivity contribution is 5.96. The standard InChI is InChI=1S/C21H23N3O3/c1-4-16-9-11-17(12-10-16)13-24(3)21(25)18-7-5-6-8-19(18)26-14-20-22-15(2)27-23-20/h5-12H,4,13-14H2,1-3H3. The second kappa shape index (κ2) is 8.49. The minimum Gasteiger partial charge on any atom is -0.485 e. The van der Waals surface area contributed by atoms with Gasteiger partial charge in [-0.15, -0.1) is 0 Å². The topological polar surface area (TPSA) is 68.5 Å². The molecule has 0 aliphatic carbocycles. The second-order valence-corrected chi connectivity index (χ2v) is 6.35. The number of para-hydroxylation sites is 1. The average Bonchev–Trinajstić information content (AvgIpc) is 3.12. The SMILES string of the molecule is CCc1ccc(CN(C)C(=O)c2ccccc2OCc2noc(C)n2)cc1. The minimum absolute atomic E-state index is 0.102. The van der Waals surface area contributed by atoms with Crippen LogP contribution in [0.5, 0.6) is 5.75 Å². The molecule has 1 heterocycles. The van der Waals surface area contributed by atoms with Crippen molar-refractivity contribution in [3.63, 3.8) is 0 Å². The highest BCUT2D eigenvalue weighted by Crippen LogP contribution is 2.21. The van der Waals surface area contributed by atoms with Gasteiger partial charge in [-0.25, -0.2) is 0 Å². The quantitative estimate of drug-likeness (QED) is 0.637. The smallest absolute Gasteiger partial charge is 0.257 e. The number of ether oxygens (including phenoxy) is 1. The van der Waals surface area contributed by atoms with Gasteiger partial charge in [0.25, 0.3) is 5.91 Å². The summed E-state index contributed by atoms with van der Waals surface area (Å²) in [5.41, 5.74) is 2.87. The molecule has 0 bridgehead atoms. The number of hydrogen-bond donors (Lipinski definition) is 0. The Labute approximate surface area is 158 Å². The van der Waals surface area contributed by atoms with E-state index in [-0.39, 0.29) is 12.5 Å². The van der Waals surface area contributed by atoms with Crippen LogP contribution in [0.25, 0.3) is 0 Å². The number of nitrogens with zero attached hydrogens (tertiary/aromatic N) is 3. The van der Waals surface area contributed by atoms with Gasteiger partial charge in [0.15, 0.2) is 6.61 Å². The summed E-state index contributed by atoms with van der Waals surface area (Å²) in [4.78, 5) is 18.7. The molecule has 0 radical (unpaired) electrons. The zero-order valence-electron chi connectivity index (χ0n) is 15.8. The number of hydrogen-bond acceptors (Lipinski definition) is 5. The van der Waals surface area contributed by atoms with Crippen LogP contribution < -0.4 is 4.74 Å². The number of carbonyl (C=O) groups excluding carboxylic acids is 1. The van der Waals surface area contributed by atoms with Gasteiger partial charge in [0.05, 0.1) is 5.56 Å². The van der Waals surface area contributed by atoms with E-state index in [9.17, 15) is 4.79 Å². The van der Waals surface area contributed by atoms with Crippen LogP contribution in [0, 0.1) is 6.92 Å². The number of aryl methyl sites for hydroxylation is 2. The molecule has 0 saturated heterocycles. The Bertz CT molecular complexity index is 903. The number of benzene rings is 2. The van der Waals surface area contributed by atoms with Gasteiger partial charge in [0, 0.05) is 20.5 Å². The second-order valence-electron chi connectivity index (χ2n) is 6.35. The van der Waals surface area contributed by atoms with E-state index < -0.39 is 0 Å². The first kappa shape index (κ1) is 18.6. The van der Waals surface area contributed by atoms with Crippen molar-refractivity contribution in [1.82, 2.24) is 15.0 Å². The molecule has 1 amide bonds. The molecule has 140 valence electrons. The molecular formula is C21H23N3O3. The van der Waals surface area contributed by atoms with E-state index in [0.29, 0.717) is 29.6 Å². The lowest BCUT2D eigenvalue weighted by molar-refractivity contribution is 0.0780. The van der Waals surface area contributed by atoms with Crippen molar-refractivity contribution in [3.05, 3.63) is 76.9 Å². The van der Waals surface area contributed by atoms with Gasteiger partial charge in [0.2, 0.25) is 11.7 Å². The molecule has 0 aliphatic heterocycles.